The number of nitrogens with one attached hydrogen (secondary N) is 1. The number of carboxylic acids is 1. The number of nitrogens with zero attached hydrogens (tertiary/aromatic N) is 1. The molecule has 0 spiro atoms. The first-order valence-corrected chi connectivity index (χ1v) is 5.50. The van der Waals surface area contributed by atoms with Crippen LogP contribution in [-0.4, -0.2) is 22.6 Å². The zero-order chi connectivity index (χ0) is 12.0. The van der Waals surface area contributed by atoms with E-state index in [0.29, 0.717) is 6.54 Å². The molecule has 1 rings (SSSR count). The fraction of sp³-hybridized carbons (Fsp3) is 0.500. The fourth-order valence-corrected chi connectivity index (χ4v) is 1.43. The van der Waals surface area contributed by atoms with Crippen LogP contribution in [0, 0.1) is 12.8 Å². The minimum Gasteiger partial charge on any atom is -0.481 e. The highest BCUT2D eigenvalue weighted by Gasteiger charge is 2.10. The van der Waals surface area contributed by atoms with Crippen LogP contribution in [0.1, 0.15) is 25.3 Å². The first-order valence-electron chi connectivity index (χ1n) is 5.50. The van der Waals surface area contributed by atoms with Crippen LogP contribution in [0.4, 0.5) is 5.82 Å². The summed E-state index contributed by atoms with van der Waals surface area (Å²) in [5.41, 5.74) is 1.11. The van der Waals surface area contributed by atoms with Gasteiger partial charge in [0.25, 0.3) is 0 Å². The third kappa shape index (κ3) is 4.29. The van der Waals surface area contributed by atoms with Gasteiger partial charge < -0.3 is 10.4 Å². The Morgan fingerprint density at radius 1 is 1.56 bits per heavy atom. The highest BCUT2D eigenvalue weighted by Crippen LogP contribution is 2.10. The molecule has 0 aliphatic rings. The van der Waals surface area contributed by atoms with E-state index in [2.05, 4.69) is 10.3 Å². The molecule has 0 saturated carbocycles. The van der Waals surface area contributed by atoms with E-state index in [0.717, 1.165) is 17.8 Å². The maximum absolute atomic E-state index is 10.6. The van der Waals surface area contributed by atoms with Crippen LogP contribution in [0.15, 0.2) is 18.3 Å². The van der Waals surface area contributed by atoms with Crippen molar-refractivity contribution < 1.29 is 9.90 Å². The van der Waals surface area contributed by atoms with E-state index in [9.17, 15) is 4.79 Å². The highest BCUT2D eigenvalue weighted by molar-refractivity contribution is 5.67. The van der Waals surface area contributed by atoms with Crippen molar-refractivity contribution in [1.82, 2.24) is 4.98 Å². The molecule has 0 fully saturated rings. The van der Waals surface area contributed by atoms with Gasteiger partial charge in [-0.05, 0) is 24.5 Å². The maximum atomic E-state index is 10.6. The number of pyridine rings is 1. The van der Waals surface area contributed by atoms with Crippen LogP contribution in [0.25, 0.3) is 0 Å². The van der Waals surface area contributed by atoms with E-state index in [-0.39, 0.29) is 12.3 Å². The Labute approximate surface area is 95.7 Å². The van der Waals surface area contributed by atoms with Gasteiger partial charge in [-0.2, -0.15) is 0 Å². The Morgan fingerprint density at radius 3 is 2.81 bits per heavy atom. The van der Waals surface area contributed by atoms with Crippen molar-refractivity contribution in [2.45, 2.75) is 26.7 Å². The maximum Gasteiger partial charge on any atom is 0.303 e. The second-order valence-corrected chi connectivity index (χ2v) is 3.97. The Balaban J connectivity index is 2.43. The Bertz CT molecular complexity index is 335. The number of aryl methyl sites for hydroxylation is 1. The van der Waals surface area contributed by atoms with E-state index in [1.165, 1.54) is 0 Å². The minimum atomic E-state index is -0.745. The number of aromatic nitrogens is 1. The minimum absolute atomic E-state index is 0.153. The predicted octanol–water partition coefficient (Wildman–Crippen LogP) is 2.30. The topological polar surface area (TPSA) is 62.2 Å². The van der Waals surface area contributed by atoms with Crippen LogP contribution in [0.2, 0.25) is 0 Å². The summed E-state index contributed by atoms with van der Waals surface area (Å²) in [6.07, 6.45) is 2.85. The van der Waals surface area contributed by atoms with Gasteiger partial charge in [0, 0.05) is 19.2 Å². The largest absolute Gasteiger partial charge is 0.481 e. The lowest BCUT2D eigenvalue weighted by Crippen LogP contribution is -2.17. The van der Waals surface area contributed by atoms with Crippen LogP contribution >= 0.6 is 0 Å². The number of hydrogen-bond donors (Lipinski definition) is 2. The number of carboxylic acid groups (broad SMARTS) is 1. The van der Waals surface area contributed by atoms with Crippen LogP contribution in [0.5, 0.6) is 0 Å². The van der Waals surface area contributed by atoms with Gasteiger partial charge in [0.1, 0.15) is 5.82 Å². The van der Waals surface area contributed by atoms with Crippen molar-refractivity contribution in [2.75, 3.05) is 11.9 Å². The third-order valence-electron chi connectivity index (χ3n) is 2.52. The predicted molar refractivity (Wildman–Crippen MR) is 63.5 cm³/mol. The van der Waals surface area contributed by atoms with E-state index in [1.54, 1.807) is 6.20 Å². The summed E-state index contributed by atoms with van der Waals surface area (Å²) in [5, 5.41) is 11.9. The summed E-state index contributed by atoms with van der Waals surface area (Å²) in [7, 11) is 0. The molecule has 0 saturated heterocycles. The molecule has 2 N–H and O–H groups in total. The number of anilines is 1. The molecule has 1 heterocycles. The molecule has 4 nitrogen and oxygen atoms in total. The van der Waals surface area contributed by atoms with Gasteiger partial charge in [-0.15, -0.1) is 0 Å². The zero-order valence-electron chi connectivity index (χ0n) is 9.73. The normalized spacial score (nSPS) is 12.1. The quantitative estimate of drug-likeness (QED) is 0.775. The molecule has 0 radical (unpaired) electrons. The van der Waals surface area contributed by atoms with Crippen molar-refractivity contribution in [2.24, 2.45) is 5.92 Å². The molecule has 4 heteroatoms. The molecule has 1 atom stereocenters. The summed E-state index contributed by atoms with van der Waals surface area (Å²) in [4.78, 5) is 14.8. The molecular weight excluding hydrogens is 204 g/mol. The van der Waals surface area contributed by atoms with Crippen molar-refractivity contribution in [3.8, 4) is 0 Å². The number of rotatable bonds is 6. The number of hydrogen-bond acceptors (Lipinski definition) is 3. The zero-order valence-corrected chi connectivity index (χ0v) is 9.73. The van der Waals surface area contributed by atoms with Crippen LogP contribution < -0.4 is 5.32 Å². The van der Waals surface area contributed by atoms with Gasteiger partial charge >= 0.3 is 5.97 Å². The van der Waals surface area contributed by atoms with Crippen LogP contribution in [0.3, 0.4) is 0 Å². The van der Waals surface area contributed by atoms with Crippen molar-refractivity contribution in [1.29, 1.82) is 0 Å². The average molecular weight is 222 g/mol. The second kappa shape index (κ2) is 6.10. The van der Waals surface area contributed by atoms with E-state index in [1.807, 2.05) is 26.0 Å². The van der Waals surface area contributed by atoms with Gasteiger partial charge in [0.05, 0.1) is 0 Å². The summed E-state index contributed by atoms with van der Waals surface area (Å²) < 4.78 is 0. The molecular formula is C12H18N2O2. The number of aliphatic carboxylic acids is 1. The monoisotopic (exact) mass is 222 g/mol. The molecule has 0 aliphatic carbocycles. The SMILES string of the molecule is CCC(CNc1ccc(C)cn1)CC(=O)O. The van der Waals surface area contributed by atoms with Gasteiger partial charge in [0.2, 0.25) is 0 Å². The smallest absolute Gasteiger partial charge is 0.303 e. The highest BCUT2D eigenvalue weighted by atomic mass is 16.4. The summed E-state index contributed by atoms with van der Waals surface area (Å²) in [6.45, 7) is 4.63. The molecule has 1 aromatic heterocycles. The lowest BCUT2D eigenvalue weighted by molar-refractivity contribution is -0.138. The molecule has 1 aromatic rings. The lowest BCUT2D eigenvalue weighted by Gasteiger charge is -2.13. The summed E-state index contributed by atoms with van der Waals surface area (Å²) in [5.74, 6) is 0.209. The van der Waals surface area contributed by atoms with Gasteiger partial charge in [0.15, 0.2) is 0 Å². The Hall–Kier alpha value is -1.58. The molecule has 0 aromatic carbocycles. The molecule has 0 amide bonds. The van der Waals surface area contributed by atoms with Gasteiger partial charge in [-0.1, -0.05) is 19.4 Å². The van der Waals surface area contributed by atoms with Crippen LogP contribution in [-0.2, 0) is 4.79 Å². The first kappa shape index (κ1) is 12.5. The van der Waals surface area contributed by atoms with E-state index in [4.69, 9.17) is 5.11 Å². The number of carbonyl (C=O) groups is 1. The fourth-order valence-electron chi connectivity index (χ4n) is 1.43. The molecule has 88 valence electrons. The molecule has 0 bridgehead atoms. The van der Waals surface area contributed by atoms with Crippen molar-refractivity contribution in [3.63, 3.8) is 0 Å². The summed E-state index contributed by atoms with van der Waals surface area (Å²) in [6, 6.07) is 3.89. The molecule has 1 unspecified atom stereocenters. The average Bonchev–Trinajstić information content (AvgIpc) is 2.26. The van der Waals surface area contributed by atoms with Gasteiger partial charge in [-0.3, -0.25) is 4.79 Å². The Morgan fingerprint density at radius 2 is 2.31 bits per heavy atom. The lowest BCUT2D eigenvalue weighted by atomic mass is 10.0. The van der Waals surface area contributed by atoms with Gasteiger partial charge in [-0.25, -0.2) is 4.98 Å². The first-order chi connectivity index (χ1) is 7.61. The standard InChI is InChI=1S/C12H18N2O2/c1-3-10(6-12(15)16)8-14-11-5-4-9(2)7-13-11/h4-5,7,10H,3,6,8H2,1-2H3,(H,13,14)(H,15,16). The third-order valence-corrected chi connectivity index (χ3v) is 2.52. The molecule has 16 heavy (non-hydrogen) atoms. The van der Waals surface area contributed by atoms with Crippen molar-refractivity contribution >= 4 is 11.8 Å². The van der Waals surface area contributed by atoms with E-state index < -0.39 is 5.97 Å². The second-order valence-electron chi connectivity index (χ2n) is 3.97. The van der Waals surface area contributed by atoms with E-state index >= 15 is 0 Å². The Kier molecular flexibility index (Phi) is 4.76. The molecule has 0 aliphatic heterocycles. The van der Waals surface area contributed by atoms with Crippen molar-refractivity contribution in [3.05, 3.63) is 23.9 Å². The summed E-state index contributed by atoms with van der Waals surface area (Å²) >= 11 is 0.